The van der Waals surface area contributed by atoms with Crippen LogP contribution in [0.15, 0.2) is 18.2 Å². The van der Waals surface area contributed by atoms with Crippen molar-refractivity contribution < 1.29 is 9.72 Å². The molecule has 3 N–H and O–H groups in total. The molecular formula is C14H17N3O3. The number of benzene rings is 1. The van der Waals surface area contributed by atoms with E-state index in [9.17, 15) is 14.9 Å². The van der Waals surface area contributed by atoms with Crippen molar-refractivity contribution in [2.75, 3.05) is 11.9 Å². The summed E-state index contributed by atoms with van der Waals surface area (Å²) in [5.41, 5.74) is 6.04. The maximum absolute atomic E-state index is 11.1. The number of nitro groups is 1. The zero-order valence-corrected chi connectivity index (χ0v) is 11.1. The molecule has 0 bridgehead atoms. The highest BCUT2D eigenvalue weighted by Crippen LogP contribution is 2.61. The zero-order chi connectivity index (χ0) is 14.3. The Morgan fingerprint density at radius 3 is 2.65 bits per heavy atom. The van der Waals surface area contributed by atoms with Gasteiger partial charge in [0.2, 0.25) is 5.91 Å². The maximum atomic E-state index is 11.1. The molecule has 0 radical (unpaired) electrons. The molecule has 2 aliphatic rings. The minimum atomic E-state index is -0.656. The quantitative estimate of drug-likeness (QED) is 0.614. The van der Waals surface area contributed by atoms with Gasteiger partial charge in [-0.2, -0.15) is 0 Å². The number of primary amides is 1. The molecule has 0 unspecified atom stereocenters. The van der Waals surface area contributed by atoms with Gasteiger partial charge in [0.05, 0.1) is 4.92 Å². The number of carbonyl (C=O) groups excluding carboxylic acids is 1. The smallest absolute Gasteiger partial charge is 0.293 e. The van der Waals surface area contributed by atoms with Crippen LogP contribution in [0.25, 0.3) is 0 Å². The molecule has 1 aromatic carbocycles. The second kappa shape index (κ2) is 4.47. The number of nitrogens with two attached hydrogens (primary N) is 1. The molecule has 0 aliphatic heterocycles. The number of rotatable bonds is 6. The highest BCUT2D eigenvalue weighted by Gasteiger charge is 2.53. The Bertz CT molecular complexity index is 577. The van der Waals surface area contributed by atoms with Gasteiger partial charge in [0.25, 0.3) is 5.69 Å². The van der Waals surface area contributed by atoms with E-state index in [1.165, 1.54) is 37.8 Å². The van der Waals surface area contributed by atoms with Crippen LogP contribution in [0, 0.1) is 21.4 Å². The highest BCUT2D eigenvalue weighted by molar-refractivity contribution is 5.94. The van der Waals surface area contributed by atoms with Gasteiger partial charge in [-0.1, -0.05) is 0 Å². The Morgan fingerprint density at radius 2 is 2.15 bits per heavy atom. The predicted molar refractivity (Wildman–Crippen MR) is 74.5 cm³/mol. The van der Waals surface area contributed by atoms with Crippen LogP contribution in [0.3, 0.4) is 0 Å². The Morgan fingerprint density at radius 1 is 1.45 bits per heavy atom. The SMILES string of the molecule is NC(=O)c1ccc(NCC2(C3CC3)CC2)c([N+](=O)[O-])c1. The molecule has 2 fully saturated rings. The summed E-state index contributed by atoms with van der Waals surface area (Å²) in [5, 5.41) is 14.3. The number of amides is 1. The molecule has 0 saturated heterocycles. The van der Waals surface area contributed by atoms with Crippen molar-refractivity contribution in [3.8, 4) is 0 Å². The van der Waals surface area contributed by atoms with Crippen molar-refractivity contribution in [1.29, 1.82) is 0 Å². The third kappa shape index (κ3) is 2.33. The zero-order valence-electron chi connectivity index (χ0n) is 11.1. The largest absolute Gasteiger partial charge is 0.379 e. The third-order valence-corrected chi connectivity index (χ3v) is 4.45. The van der Waals surface area contributed by atoms with Crippen LogP contribution in [0.1, 0.15) is 36.0 Å². The van der Waals surface area contributed by atoms with Gasteiger partial charge >= 0.3 is 0 Å². The lowest BCUT2D eigenvalue weighted by Gasteiger charge is -2.16. The van der Waals surface area contributed by atoms with Crippen molar-refractivity contribution in [2.24, 2.45) is 17.1 Å². The molecule has 6 heteroatoms. The summed E-state index contributed by atoms with van der Waals surface area (Å²) in [6, 6.07) is 4.33. The van der Waals surface area contributed by atoms with Gasteiger partial charge in [0.15, 0.2) is 0 Å². The van der Waals surface area contributed by atoms with Crippen LogP contribution < -0.4 is 11.1 Å². The number of hydrogen-bond donors (Lipinski definition) is 2. The molecule has 1 aromatic rings. The lowest BCUT2D eigenvalue weighted by molar-refractivity contribution is -0.384. The third-order valence-electron chi connectivity index (χ3n) is 4.45. The number of nitro benzene ring substituents is 1. The fourth-order valence-electron chi connectivity index (χ4n) is 2.84. The van der Waals surface area contributed by atoms with Gasteiger partial charge in [-0.25, -0.2) is 0 Å². The number of anilines is 1. The summed E-state index contributed by atoms with van der Waals surface area (Å²) in [6.45, 7) is 0.772. The van der Waals surface area contributed by atoms with E-state index in [0.29, 0.717) is 11.1 Å². The van der Waals surface area contributed by atoms with E-state index in [4.69, 9.17) is 5.73 Å². The first-order valence-electron chi connectivity index (χ1n) is 6.84. The topological polar surface area (TPSA) is 98.3 Å². The van der Waals surface area contributed by atoms with E-state index in [2.05, 4.69) is 5.32 Å². The first-order chi connectivity index (χ1) is 9.52. The van der Waals surface area contributed by atoms with Gasteiger partial charge < -0.3 is 11.1 Å². The van der Waals surface area contributed by atoms with Gasteiger partial charge in [-0.3, -0.25) is 14.9 Å². The van der Waals surface area contributed by atoms with Crippen molar-refractivity contribution in [3.05, 3.63) is 33.9 Å². The van der Waals surface area contributed by atoms with E-state index in [-0.39, 0.29) is 11.3 Å². The number of nitrogens with zero attached hydrogens (tertiary/aromatic N) is 1. The molecule has 20 heavy (non-hydrogen) atoms. The Balaban J connectivity index is 1.78. The average Bonchev–Trinajstić information content (AvgIpc) is 3.27. The Kier molecular flexibility index (Phi) is 2.88. The summed E-state index contributed by atoms with van der Waals surface area (Å²) >= 11 is 0. The first kappa shape index (κ1) is 12.9. The average molecular weight is 275 g/mol. The lowest BCUT2D eigenvalue weighted by atomic mass is 10.0. The molecule has 1 amide bonds. The maximum Gasteiger partial charge on any atom is 0.293 e. The number of carbonyl (C=O) groups is 1. The Hall–Kier alpha value is -2.11. The van der Waals surface area contributed by atoms with Crippen molar-refractivity contribution in [3.63, 3.8) is 0 Å². The van der Waals surface area contributed by atoms with Gasteiger partial charge in [0.1, 0.15) is 5.69 Å². The second-order valence-corrected chi connectivity index (χ2v) is 5.84. The summed E-state index contributed by atoms with van der Waals surface area (Å²) in [5.74, 6) is 0.134. The van der Waals surface area contributed by atoms with E-state index in [1.54, 1.807) is 6.07 Å². The number of hydrogen-bond acceptors (Lipinski definition) is 4. The fourth-order valence-corrected chi connectivity index (χ4v) is 2.84. The molecule has 6 nitrogen and oxygen atoms in total. The van der Waals surface area contributed by atoms with E-state index < -0.39 is 10.8 Å². The van der Waals surface area contributed by atoms with Gasteiger partial charge in [-0.15, -0.1) is 0 Å². The highest BCUT2D eigenvalue weighted by atomic mass is 16.6. The normalized spacial score (nSPS) is 19.4. The van der Waals surface area contributed by atoms with Crippen molar-refractivity contribution in [1.82, 2.24) is 0 Å². The van der Waals surface area contributed by atoms with Crippen LogP contribution in [0.4, 0.5) is 11.4 Å². The molecule has 0 atom stereocenters. The fraction of sp³-hybridized carbons (Fsp3) is 0.500. The van der Waals surface area contributed by atoms with Crippen LogP contribution in [-0.4, -0.2) is 17.4 Å². The number of nitrogens with one attached hydrogen (secondary N) is 1. The van der Waals surface area contributed by atoms with Crippen LogP contribution in [-0.2, 0) is 0 Å². The Labute approximate surface area is 116 Å². The molecule has 0 aromatic heterocycles. The monoisotopic (exact) mass is 275 g/mol. The molecule has 0 spiro atoms. The molecule has 0 heterocycles. The first-order valence-corrected chi connectivity index (χ1v) is 6.84. The second-order valence-electron chi connectivity index (χ2n) is 5.84. The van der Waals surface area contributed by atoms with Crippen molar-refractivity contribution >= 4 is 17.3 Å². The molecular weight excluding hydrogens is 258 g/mol. The molecule has 2 saturated carbocycles. The standard InChI is InChI=1S/C14H17N3O3/c15-13(18)9-1-4-11(12(7-9)17(19)20)16-8-14(5-6-14)10-2-3-10/h1,4,7,10,16H,2-3,5-6,8H2,(H2,15,18). The minimum absolute atomic E-state index is 0.0899. The summed E-state index contributed by atoms with van der Waals surface area (Å²) in [7, 11) is 0. The van der Waals surface area contributed by atoms with Crippen LogP contribution in [0.2, 0.25) is 0 Å². The molecule has 2 aliphatic carbocycles. The summed E-state index contributed by atoms with van der Waals surface area (Å²) < 4.78 is 0. The molecule has 106 valence electrons. The predicted octanol–water partition coefficient (Wildman–Crippen LogP) is 2.30. The molecule has 3 rings (SSSR count). The van der Waals surface area contributed by atoms with Gasteiger partial charge in [0, 0.05) is 18.2 Å². The lowest BCUT2D eigenvalue weighted by Crippen LogP contribution is -2.18. The van der Waals surface area contributed by atoms with Crippen LogP contribution >= 0.6 is 0 Å². The summed E-state index contributed by atoms with van der Waals surface area (Å²) in [6.07, 6.45) is 4.98. The van der Waals surface area contributed by atoms with E-state index in [1.807, 2.05) is 0 Å². The van der Waals surface area contributed by atoms with E-state index in [0.717, 1.165) is 12.5 Å². The minimum Gasteiger partial charge on any atom is -0.379 e. The summed E-state index contributed by atoms with van der Waals surface area (Å²) in [4.78, 5) is 21.7. The van der Waals surface area contributed by atoms with Gasteiger partial charge in [-0.05, 0) is 49.1 Å². The van der Waals surface area contributed by atoms with Crippen LogP contribution in [0.5, 0.6) is 0 Å². The van der Waals surface area contributed by atoms with Crippen molar-refractivity contribution in [2.45, 2.75) is 25.7 Å². The van der Waals surface area contributed by atoms with E-state index >= 15 is 0 Å².